The van der Waals surface area contributed by atoms with E-state index in [-0.39, 0.29) is 5.54 Å². The van der Waals surface area contributed by atoms with Crippen molar-refractivity contribution in [3.8, 4) is 0 Å². The van der Waals surface area contributed by atoms with Gasteiger partial charge in [0.05, 0.1) is 0 Å². The fourth-order valence-electron chi connectivity index (χ4n) is 2.75. The maximum atomic E-state index is 4.23. The van der Waals surface area contributed by atoms with Gasteiger partial charge < -0.3 is 5.32 Å². The van der Waals surface area contributed by atoms with Crippen LogP contribution in [0.2, 0.25) is 0 Å². The Morgan fingerprint density at radius 1 is 1.59 bits per heavy atom. The average Bonchev–Trinajstić information content (AvgIpc) is 2.90. The Labute approximate surface area is 107 Å². The summed E-state index contributed by atoms with van der Waals surface area (Å²) >= 11 is 0. The van der Waals surface area contributed by atoms with Crippen LogP contribution in [0.4, 0.5) is 0 Å². The molecular formula is C16H29N. The van der Waals surface area contributed by atoms with Gasteiger partial charge in [-0.2, -0.15) is 0 Å². The van der Waals surface area contributed by atoms with Gasteiger partial charge in [0.2, 0.25) is 0 Å². The van der Waals surface area contributed by atoms with E-state index in [0.29, 0.717) is 11.3 Å². The van der Waals surface area contributed by atoms with Gasteiger partial charge in [0.1, 0.15) is 0 Å². The fourth-order valence-corrected chi connectivity index (χ4v) is 2.75. The van der Waals surface area contributed by atoms with Gasteiger partial charge in [-0.1, -0.05) is 46.3 Å². The molecule has 0 aromatic rings. The van der Waals surface area contributed by atoms with E-state index in [1.54, 1.807) is 0 Å². The first kappa shape index (κ1) is 14.3. The van der Waals surface area contributed by atoms with Gasteiger partial charge >= 0.3 is 0 Å². The Balaban J connectivity index is 2.57. The van der Waals surface area contributed by atoms with Gasteiger partial charge in [-0.05, 0) is 31.6 Å². The summed E-state index contributed by atoms with van der Waals surface area (Å²) in [5.74, 6) is 1.44. The maximum absolute atomic E-state index is 4.23. The van der Waals surface area contributed by atoms with Crippen LogP contribution in [-0.2, 0) is 0 Å². The molecule has 0 aliphatic heterocycles. The summed E-state index contributed by atoms with van der Waals surface area (Å²) in [4.78, 5) is 0. The second kappa shape index (κ2) is 4.88. The zero-order valence-corrected chi connectivity index (χ0v) is 12.3. The van der Waals surface area contributed by atoms with Gasteiger partial charge in [0.25, 0.3) is 0 Å². The van der Waals surface area contributed by atoms with E-state index < -0.39 is 0 Å². The Morgan fingerprint density at radius 3 is 2.65 bits per heavy atom. The highest BCUT2D eigenvalue weighted by Crippen LogP contribution is 2.60. The second-order valence-electron chi connectivity index (χ2n) is 6.49. The molecular weight excluding hydrogens is 206 g/mol. The van der Waals surface area contributed by atoms with Gasteiger partial charge in [0.15, 0.2) is 0 Å². The van der Waals surface area contributed by atoms with Gasteiger partial charge in [-0.3, -0.25) is 0 Å². The van der Waals surface area contributed by atoms with E-state index in [0.717, 1.165) is 11.6 Å². The van der Waals surface area contributed by atoms with Crippen LogP contribution in [0, 0.1) is 17.3 Å². The van der Waals surface area contributed by atoms with Crippen LogP contribution in [-0.4, -0.2) is 5.54 Å². The van der Waals surface area contributed by atoms with Crippen LogP contribution in [0.1, 0.15) is 53.9 Å². The van der Waals surface area contributed by atoms with Crippen LogP contribution in [0.25, 0.3) is 0 Å². The predicted molar refractivity (Wildman–Crippen MR) is 76.8 cm³/mol. The van der Waals surface area contributed by atoms with E-state index in [4.69, 9.17) is 0 Å². The molecule has 0 aromatic heterocycles. The highest BCUT2D eigenvalue weighted by atomic mass is 15.0. The molecule has 0 aromatic carbocycles. The van der Waals surface area contributed by atoms with Gasteiger partial charge in [-0.25, -0.2) is 0 Å². The summed E-state index contributed by atoms with van der Waals surface area (Å²) in [5.41, 5.74) is 1.57. The van der Waals surface area contributed by atoms with Crippen LogP contribution < -0.4 is 5.32 Å². The number of allylic oxidation sites excluding steroid dienone is 1. The van der Waals surface area contributed by atoms with E-state index in [9.17, 15) is 0 Å². The number of rotatable bonds is 7. The lowest BCUT2D eigenvalue weighted by Gasteiger charge is -2.31. The lowest BCUT2D eigenvalue weighted by atomic mass is 9.86. The number of hydrogen-bond acceptors (Lipinski definition) is 1. The highest BCUT2D eigenvalue weighted by Gasteiger charge is 2.53. The third-order valence-corrected chi connectivity index (χ3v) is 4.60. The normalized spacial score (nSPS) is 29.6. The van der Waals surface area contributed by atoms with Gasteiger partial charge in [-0.15, -0.1) is 6.58 Å². The number of nitrogens with one attached hydrogen (secondary N) is 1. The molecule has 0 heterocycles. The molecule has 1 aliphatic rings. The largest absolute Gasteiger partial charge is 0.380 e. The van der Waals surface area contributed by atoms with E-state index in [1.807, 2.05) is 6.08 Å². The Kier molecular flexibility index (Phi) is 4.11. The topological polar surface area (TPSA) is 12.0 Å². The first-order chi connectivity index (χ1) is 7.77. The molecule has 1 rings (SSSR count). The minimum Gasteiger partial charge on any atom is -0.380 e. The van der Waals surface area contributed by atoms with E-state index in [2.05, 4.69) is 53.1 Å². The zero-order valence-electron chi connectivity index (χ0n) is 12.3. The molecule has 0 saturated heterocycles. The third kappa shape index (κ3) is 3.14. The molecule has 98 valence electrons. The van der Waals surface area contributed by atoms with Crippen molar-refractivity contribution in [1.29, 1.82) is 0 Å². The van der Waals surface area contributed by atoms with Crippen molar-refractivity contribution in [2.75, 3.05) is 0 Å². The first-order valence-corrected chi connectivity index (χ1v) is 6.87. The van der Waals surface area contributed by atoms with Crippen molar-refractivity contribution in [3.05, 3.63) is 24.9 Å². The summed E-state index contributed by atoms with van der Waals surface area (Å²) in [6, 6.07) is 0. The zero-order chi connectivity index (χ0) is 13.3. The van der Waals surface area contributed by atoms with Crippen molar-refractivity contribution >= 4 is 0 Å². The first-order valence-electron chi connectivity index (χ1n) is 6.87. The maximum Gasteiger partial charge on any atom is 0.0494 e. The number of hydrogen-bond donors (Lipinski definition) is 1. The summed E-state index contributed by atoms with van der Waals surface area (Å²) in [6.45, 7) is 19.4. The molecule has 17 heavy (non-hydrogen) atoms. The van der Waals surface area contributed by atoms with Crippen LogP contribution in [0.3, 0.4) is 0 Å². The summed E-state index contributed by atoms with van der Waals surface area (Å²) in [6.07, 6.45) is 5.96. The highest BCUT2D eigenvalue weighted by molar-refractivity contribution is 5.15. The average molecular weight is 235 g/mol. The summed E-state index contributed by atoms with van der Waals surface area (Å²) < 4.78 is 0. The molecule has 1 heteroatoms. The Bertz CT molecular complexity index is 303. The van der Waals surface area contributed by atoms with Crippen molar-refractivity contribution in [1.82, 2.24) is 5.32 Å². The van der Waals surface area contributed by atoms with Crippen molar-refractivity contribution in [3.63, 3.8) is 0 Å². The molecule has 0 spiro atoms. The van der Waals surface area contributed by atoms with Gasteiger partial charge in [0, 0.05) is 17.2 Å². The Morgan fingerprint density at radius 2 is 2.18 bits per heavy atom. The van der Waals surface area contributed by atoms with Crippen molar-refractivity contribution < 1.29 is 0 Å². The van der Waals surface area contributed by atoms with E-state index >= 15 is 0 Å². The van der Waals surface area contributed by atoms with Crippen LogP contribution in [0.5, 0.6) is 0 Å². The molecule has 1 N–H and O–H groups in total. The molecule has 2 unspecified atom stereocenters. The SMILES string of the molecule is C=CC(C)(C)NC(=C)C(C)C1(C)C[C@@H]1CCC. The minimum atomic E-state index is -0.0587. The quantitative estimate of drug-likeness (QED) is 0.640. The van der Waals surface area contributed by atoms with E-state index in [1.165, 1.54) is 19.3 Å². The van der Waals surface area contributed by atoms with Crippen LogP contribution in [0.15, 0.2) is 24.9 Å². The second-order valence-corrected chi connectivity index (χ2v) is 6.49. The smallest absolute Gasteiger partial charge is 0.0494 e. The van der Waals surface area contributed by atoms with Crippen molar-refractivity contribution in [2.24, 2.45) is 17.3 Å². The summed E-state index contributed by atoms with van der Waals surface area (Å²) in [5, 5.41) is 3.50. The molecule has 1 fully saturated rings. The van der Waals surface area contributed by atoms with Crippen molar-refractivity contribution in [2.45, 2.75) is 59.4 Å². The molecule has 1 aliphatic carbocycles. The fraction of sp³-hybridized carbons (Fsp3) is 0.750. The third-order valence-electron chi connectivity index (χ3n) is 4.60. The molecule has 0 bridgehead atoms. The van der Waals surface area contributed by atoms with Crippen LogP contribution >= 0.6 is 0 Å². The molecule has 0 radical (unpaired) electrons. The monoisotopic (exact) mass is 235 g/mol. The standard InChI is InChI=1S/C16H29N/c1-8-10-14-11-16(14,7)12(3)13(4)17-15(5,6)9-2/h9,12,14,17H,2,4,8,10-11H2,1,3,5-7H3/t12?,14-,16?/m0/s1. The lowest BCUT2D eigenvalue weighted by molar-refractivity contribution is 0.337. The molecule has 1 saturated carbocycles. The minimum absolute atomic E-state index is 0.0587. The molecule has 3 atom stereocenters. The molecule has 0 amide bonds. The lowest BCUT2D eigenvalue weighted by Crippen LogP contribution is -2.39. The predicted octanol–water partition coefficient (Wildman–Crippen LogP) is 4.52. The Hall–Kier alpha value is -0.720. The molecule has 1 nitrogen and oxygen atoms in total. The summed E-state index contributed by atoms with van der Waals surface area (Å²) in [7, 11) is 0.